The van der Waals surface area contributed by atoms with Crippen molar-refractivity contribution < 1.29 is 24.0 Å². The highest BCUT2D eigenvalue weighted by Gasteiger charge is 2.09. The molecule has 0 heterocycles. The first-order valence-corrected chi connectivity index (χ1v) is 5.86. The fourth-order valence-corrected chi connectivity index (χ4v) is 1.65. The van der Waals surface area contributed by atoms with Crippen LogP contribution in [0.15, 0.2) is 42.5 Å². The Morgan fingerprint density at radius 3 is 2.48 bits per heavy atom. The maximum absolute atomic E-state index is 13.2. The van der Waals surface area contributed by atoms with Crippen LogP contribution in [0.4, 0.5) is 10.1 Å². The second-order valence-electron chi connectivity index (χ2n) is 4.19. The lowest BCUT2D eigenvalue weighted by Gasteiger charge is -2.07. The predicted molar refractivity (Wildman–Crippen MR) is 70.8 cm³/mol. The Hall–Kier alpha value is -2.96. The first-order valence-electron chi connectivity index (χ1n) is 5.86. The number of carboxylic acids is 1. The van der Waals surface area contributed by atoms with Gasteiger partial charge in [-0.1, -0.05) is 0 Å². The summed E-state index contributed by atoms with van der Waals surface area (Å²) in [7, 11) is 0. The van der Waals surface area contributed by atoms with Gasteiger partial charge in [-0.15, -0.1) is 0 Å². The summed E-state index contributed by atoms with van der Waals surface area (Å²) >= 11 is 0. The fourth-order valence-electron chi connectivity index (χ4n) is 1.65. The minimum atomic E-state index is -1.25. The van der Waals surface area contributed by atoms with Crippen LogP contribution in [0.2, 0.25) is 0 Å². The summed E-state index contributed by atoms with van der Waals surface area (Å²) in [4.78, 5) is 20.8. The van der Waals surface area contributed by atoms with E-state index in [0.717, 1.165) is 12.1 Å². The second-order valence-corrected chi connectivity index (χ2v) is 4.19. The SMILES string of the molecule is O=C(O)c1cc(F)cc(OCc2ccc([N+](=O)[O-])cc2)c1. The molecule has 108 valence electrons. The standard InChI is InChI=1S/C14H10FNO5/c15-11-5-10(14(17)18)6-13(7-11)21-8-9-1-3-12(4-2-9)16(19)20/h1-7H,8H2,(H,17,18). The molecule has 0 unspecified atom stereocenters. The van der Waals surface area contributed by atoms with Gasteiger partial charge in [0.2, 0.25) is 0 Å². The van der Waals surface area contributed by atoms with E-state index in [1.807, 2.05) is 0 Å². The van der Waals surface area contributed by atoms with Crippen molar-refractivity contribution in [1.82, 2.24) is 0 Å². The van der Waals surface area contributed by atoms with Crippen molar-refractivity contribution in [2.24, 2.45) is 0 Å². The van der Waals surface area contributed by atoms with Crippen molar-refractivity contribution >= 4 is 11.7 Å². The van der Waals surface area contributed by atoms with Gasteiger partial charge in [0.25, 0.3) is 5.69 Å². The summed E-state index contributed by atoms with van der Waals surface area (Å²) in [5.74, 6) is -1.89. The Balaban J connectivity index is 2.09. The molecule has 7 heteroatoms. The van der Waals surface area contributed by atoms with E-state index in [4.69, 9.17) is 9.84 Å². The van der Waals surface area contributed by atoms with Crippen molar-refractivity contribution in [2.45, 2.75) is 6.61 Å². The van der Waals surface area contributed by atoms with E-state index >= 15 is 0 Å². The molecule has 0 amide bonds. The van der Waals surface area contributed by atoms with Gasteiger partial charge >= 0.3 is 5.97 Å². The van der Waals surface area contributed by atoms with Crippen LogP contribution in [0.3, 0.4) is 0 Å². The van der Waals surface area contributed by atoms with E-state index in [-0.39, 0.29) is 23.6 Å². The highest BCUT2D eigenvalue weighted by atomic mass is 19.1. The minimum absolute atomic E-state index is 0.0422. The van der Waals surface area contributed by atoms with Gasteiger partial charge in [-0.2, -0.15) is 0 Å². The molecular weight excluding hydrogens is 281 g/mol. The molecule has 2 rings (SSSR count). The Morgan fingerprint density at radius 2 is 1.90 bits per heavy atom. The normalized spacial score (nSPS) is 10.1. The third-order valence-corrected chi connectivity index (χ3v) is 2.67. The van der Waals surface area contributed by atoms with Crippen LogP contribution in [0.25, 0.3) is 0 Å². The van der Waals surface area contributed by atoms with Crippen molar-refractivity contribution in [3.8, 4) is 5.75 Å². The lowest BCUT2D eigenvalue weighted by Crippen LogP contribution is -2.00. The predicted octanol–water partition coefficient (Wildman–Crippen LogP) is 3.01. The first kappa shape index (κ1) is 14.4. The summed E-state index contributed by atoms with van der Waals surface area (Å²) < 4.78 is 18.5. The van der Waals surface area contributed by atoms with Crippen LogP contribution in [0.5, 0.6) is 5.75 Å². The van der Waals surface area contributed by atoms with Crippen LogP contribution in [-0.4, -0.2) is 16.0 Å². The molecule has 0 aliphatic rings. The molecule has 0 aliphatic carbocycles. The lowest BCUT2D eigenvalue weighted by atomic mass is 10.2. The van der Waals surface area contributed by atoms with E-state index in [1.54, 1.807) is 0 Å². The van der Waals surface area contributed by atoms with Gasteiger partial charge in [0.05, 0.1) is 10.5 Å². The van der Waals surface area contributed by atoms with Crippen molar-refractivity contribution in [2.75, 3.05) is 0 Å². The summed E-state index contributed by atoms with van der Waals surface area (Å²) in [6, 6.07) is 8.83. The summed E-state index contributed by atoms with van der Waals surface area (Å²) in [6.07, 6.45) is 0. The topological polar surface area (TPSA) is 89.7 Å². The molecule has 0 spiro atoms. The zero-order valence-corrected chi connectivity index (χ0v) is 10.7. The van der Waals surface area contributed by atoms with Gasteiger partial charge in [-0.05, 0) is 29.8 Å². The second kappa shape index (κ2) is 6.00. The van der Waals surface area contributed by atoms with Crippen LogP contribution < -0.4 is 4.74 Å². The molecule has 1 N–H and O–H groups in total. The molecule has 2 aromatic rings. The molecule has 0 radical (unpaired) electrons. The number of non-ortho nitro benzene ring substituents is 1. The Labute approximate surface area is 118 Å². The summed E-state index contributed by atoms with van der Waals surface area (Å²) in [5.41, 5.74) is 0.383. The van der Waals surface area contributed by atoms with Crippen LogP contribution in [-0.2, 0) is 6.61 Å². The number of ether oxygens (including phenoxy) is 1. The van der Waals surface area contributed by atoms with Gasteiger partial charge in [0.15, 0.2) is 0 Å². The zero-order valence-electron chi connectivity index (χ0n) is 10.7. The number of carbonyl (C=O) groups is 1. The molecule has 0 saturated carbocycles. The number of hydrogen-bond acceptors (Lipinski definition) is 4. The van der Waals surface area contributed by atoms with E-state index in [2.05, 4.69) is 0 Å². The van der Waals surface area contributed by atoms with Crippen LogP contribution >= 0.6 is 0 Å². The molecule has 21 heavy (non-hydrogen) atoms. The number of aromatic carboxylic acids is 1. The number of rotatable bonds is 5. The van der Waals surface area contributed by atoms with Gasteiger partial charge in [-0.3, -0.25) is 10.1 Å². The average Bonchev–Trinajstić information content (AvgIpc) is 2.45. The molecule has 0 bridgehead atoms. The Kier molecular flexibility index (Phi) is 4.13. The van der Waals surface area contributed by atoms with E-state index < -0.39 is 16.7 Å². The maximum atomic E-state index is 13.2. The number of halogens is 1. The minimum Gasteiger partial charge on any atom is -0.489 e. The number of benzene rings is 2. The fraction of sp³-hybridized carbons (Fsp3) is 0.0714. The summed E-state index contributed by atoms with van der Waals surface area (Å²) in [6.45, 7) is 0.0422. The Morgan fingerprint density at radius 1 is 1.24 bits per heavy atom. The van der Waals surface area contributed by atoms with Crippen molar-refractivity contribution in [3.63, 3.8) is 0 Å². The molecule has 0 atom stereocenters. The van der Waals surface area contributed by atoms with Gasteiger partial charge in [0.1, 0.15) is 18.2 Å². The van der Waals surface area contributed by atoms with E-state index in [1.165, 1.54) is 30.3 Å². The van der Waals surface area contributed by atoms with Gasteiger partial charge < -0.3 is 9.84 Å². The molecule has 2 aromatic carbocycles. The molecule has 6 nitrogen and oxygen atoms in total. The smallest absolute Gasteiger partial charge is 0.335 e. The molecule has 0 aliphatic heterocycles. The lowest BCUT2D eigenvalue weighted by molar-refractivity contribution is -0.384. The Bertz CT molecular complexity index is 684. The molecular formula is C14H10FNO5. The van der Waals surface area contributed by atoms with Crippen molar-refractivity contribution in [1.29, 1.82) is 0 Å². The number of nitro benzene ring substituents is 1. The van der Waals surface area contributed by atoms with Gasteiger partial charge in [-0.25, -0.2) is 9.18 Å². The average molecular weight is 291 g/mol. The molecule has 0 saturated heterocycles. The zero-order chi connectivity index (χ0) is 15.4. The third-order valence-electron chi connectivity index (χ3n) is 2.67. The number of carboxylic acid groups (broad SMARTS) is 1. The van der Waals surface area contributed by atoms with E-state index in [0.29, 0.717) is 5.56 Å². The van der Waals surface area contributed by atoms with Crippen LogP contribution in [0, 0.1) is 15.9 Å². The highest BCUT2D eigenvalue weighted by molar-refractivity contribution is 5.88. The summed E-state index contributed by atoms with van der Waals surface area (Å²) in [5, 5.41) is 19.3. The van der Waals surface area contributed by atoms with E-state index in [9.17, 15) is 19.3 Å². The monoisotopic (exact) mass is 291 g/mol. The molecule has 0 fully saturated rings. The highest BCUT2D eigenvalue weighted by Crippen LogP contribution is 2.19. The largest absolute Gasteiger partial charge is 0.489 e. The first-order chi connectivity index (χ1) is 9.95. The molecule has 0 aromatic heterocycles. The third kappa shape index (κ3) is 3.75. The van der Waals surface area contributed by atoms with Crippen molar-refractivity contribution in [3.05, 3.63) is 69.5 Å². The van der Waals surface area contributed by atoms with Crippen LogP contribution in [0.1, 0.15) is 15.9 Å². The number of nitrogens with zero attached hydrogens (tertiary/aromatic N) is 1. The quantitative estimate of drug-likeness (QED) is 0.675. The number of nitro groups is 1. The number of hydrogen-bond donors (Lipinski definition) is 1. The van der Waals surface area contributed by atoms with Gasteiger partial charge in [0, 0.05) is 18.2 Å². The maximum Gasteiger partial charge on any atom is 0.335 e.